The molecule has 0 aromatic carbocycles. The molecule has 0 aromatic rings. The highest BCUT2D eigenvalue weighted by molar-refractivity contribution is 5.77. The van der Waals surface area contributed by atoms with Crippen LogP contribution in [0.1, 0.15) is 245 Å². The zero-order valence-corrected chi connectivity index (χ0v) is 37.9. The molecule has 7 heteroatoms. The average Bonchev–Trinajstić information content (AvgIpc) is 3.20. The summed E-state index contributed by atoms with van der Waals surface area (Å²) in [6, 6.07) is 0. The molecular formula is C48H104N6O. The topological polar surface area (TPSA) is 117 Å². The van der Waals surface area contributed by atoms with E-state index in [4.69, 9.17) is 11.5 Å². The van der Waals surface area contributed by atoms with Crippen LogP contribution in [0.4, 0.5) is 0 Å². The summed E-state index contributed by atoms with van der Waals surface area (Å²) in [5.41, 5.74) is 10.6. The molecular weight excluding hydrogens is 677 g/mol. The van der Waals surface area contributed by atoms with Crippen molar-refractivity contribution in [1.82, 2.24) is 21.3 Å². The highest BCUT2D eigenvalue weighted by Gasteiger charge is 1.98. The summed E-state index contributed by atoms with van der Waals surface area (Å²) in [6.07, 6.45) is 51.1. The van der Waals surface area contributed by atoms with Crippen molar-refractivity contribution in [3.63, 3.8) is 0 Å². The van der Waals surface area contributed by atoms with Gasteiger partial charge < -0.3 is 32.7 Å². The number of nitrogens with one attached hydrogen (secondary N) is 4. The van der Waals surface area contributed by atoms with E-state index in [9.17, 15) is 4.79 Å². The van der Waals surface area contributed by atoms with E-state index in [1.54, 1.807) is 0 Å². The van der Waals surface area contributed by atoms with Gasteiger partial charge in [0.1, 0.15) is 0 Å². The van der Waals surface area contributed by atoms with Crippen molar-refractivity contribution in [3.8, 4) is 0 Å². The number of carbonyl (C=O) groups is 1. The van der Waals surface area contributed by atoms with Crippen LogP contribution in [-0.4, -0.2) is 64.8 Å². The summed E-state index contributed by atoms with van der Waals surface area (Å²) in [6.45, 7) is 12.7. The van der Waals surface area contributed by atoms with Crippen LogP contribution in [-0.2, 0) is 4.79 Å². The molecule has 0 saturated carbocycles. The van der Waals surface area contributed by atoms with Crippen molar-refractivity contribution in [2.24, 2.45) is 11.5 Å². The van der Waals surface area contributed by atoms with E-state index in [1.165, 1.54) is 231 Å². The number of hydrogen-bond acceptors (Lipinski definition) is 6. The van der Waals surface area contributed by atoms with E-state index >= 15 is 0 Å². The second-order valence-corrected chi connectivity index (χ2v) is 16.6. The fourth-order valence-electron chi connectivity index (χ4n) is 7.21. The molecule has 0 aliphatic heterocycles. The van der Waals surface area contributed by atoms with Gasteiger partial charge in [0, 0.05) is 6.54 Å². The molecule has 0 saturated heterocycles. The summed E-state index contributed by atoms with van der Waals surface area (Å²) in [5, 5.41) is 13.1. The largest absolute Gasteiger partial charge is 0.355 e. The molecule has 0 rings (SSSR count). The fraction of sp³-hybridized carbons (Fsp3) is 0.979. The number of carbonyl (C=O) groups excluding carboxylic acids is 1. The minimum atomic E-state index is -0.0847. The fourth-order valence-corrected chi connectivity index (χ4v) is 7.21. The first-order valence-electron chi connectivity index (χ1n) is 25.0. The van der Waals surface area contributed by atoms with Gasteiger partial charge >= 0.3 is 0 Å². The lowest BCUT2D eigenvalue weighted by molar-refractivity contribution is -0.119. The lowest BCUT2D eigenvalue weighted by Gasteiger charge is -2.06. The quantitative estimate of drug-likeness (QED) is 0.0343. The Kier molecular flexibility index (Phi) is 56.7. The van der Waals surface area contributed by atoms with Gasteiger partial charge in [-0.25, -0.2) is 0 Å². The molecule has 0 atom stereocenters. The maximum atomic E-state index is 10.8. The van der Waals surface area contributed by atoms with Crippen LogP contribution < -0.4 is 32.7 Å². The number of rotatable bonds is 47. The molecule has 0 aliphatic carbocycles. The predicted octanol–water partition coefficient (Wildman–Crippen LogP) is 11.9. The van der Waals surface area contributed by atoms with Gasteiger partial charge in [-0.2, -0.15) is 0 Å². The Morgan fingerprint density at radius 1 is 0.309 bits per heavy atom. The first-order valence-corrected chi connectivity index (χ1v) is 25.0. The van der Waals surface area contributed by atoms with Crippen LogP contribution in [0.25, 0.3) is 0 Å². The second-order valence-electron chi connectivity index (χ2n) is 16.6. The Bertz CT molecular complexity index is 632. The monoisotopic (exact) mass is 781 g/mol. The number of unbranched alkanes of at least 4 members (excludes halogenated alkanes) is 31. The van der Waals surface area contributed by atoms with Crippen LogP contribution in [0.2, 0.25) is 0 Å². The normalized spacial score (nSPS) is 11.2. The van der Waals surface area contributed by atoms with Gasteiger partial charge in [-0.15, -0.1) is 0 Å². The molecule has 0 unspecified atom stereocenters. The Balaban J connectivity index is 0. The molecule has 0 heterocycles. The third-order valence-electron chi connectivity index (χ3n) is 11.0. The number of nitrogens with two attached hydrogens (primary N) is 2. The minimum absolute atomic E-state index is 0.0740. The van der Waals surface area contributed by atoms with Gasteiger partial charge in [-0.05, 0) is 84.3 Å². The molecule has 7 nitrogen and oxygen atoms in total. The molecule has 0 aliphatic rings. The lowest BCUT2D eigenvalue weighted by Crippen LogP contribution is -2.32. The molecule has 8 N–H and O–H groups in total. The minimum Gasteiger partial charge on any atom is -0.355 e. The molecule has 0 aromatic heterocycles. The summed E-state index contributed by atoms with van der Waals surface area (Å²) < 4.78 is 0. The predicted molar refractivity (Wildman–Crippen MR) is 247 cm³/mol. The molecule has 0 radical (unpaired) electrons. The lowest BCUT2D eigenvalue weighted by atomic mass is 10.0. The van der Waals surface area contributed by atoms with Gasteiger partial charge in [-0.1, -0.05) is 206 Å². The highest BCUT2D eigenvalue weighted by atomic mass is 16.1. The first kappa shape index (κ1) is 56.4. The van der Waals surface area contributed by atoms with Crippen molar-refractivity contribution in [2.75, 3.05) is 58.9 Å². The standard InChI is InChI=1S/C36H75N.C12H29N5O/c1-3-5-7-9-11-13-15-17-19-21-23-25-27-29-31-33-35-37-36-34-32-30-28-26-24-22-20-18-16-14-12-10-8-6-4-2;13-5-3-8-15-6-1-2-7-16-9-4-10-17-12(18)11-14/h37H,3-36H2,1-2H3;15-16H,1-11,13-14H2,(H,17,18). The van der Waals surface area contributed by atoms with E-state index in [0.717, 1.165) is 45.6 Å². The molecule has 55 heavy (non-hydrogen) atoms. The Morgan fingerprint density at radius 3 is 0.818 bits per heavy atom. The molecule has 0 spiro atoms. The maximum absolute atomic E-state index is 10.8. The third kappa shape index (κ3) is 57.7. The summed E-state index contributed by atoms with van der Waals surface area (Å²) in [5.74, 6) is -0.0847. The average molecular weight is 781 g/mol. The van der Waals surface area contributed by atoms with Crippen LogP contribution in [0.5, 0.6) is 0 Å². The zero-order chi connectivity index (χ0) is 40.2. The number of amides is 1. The van der Waals surface area contributed by atoms with Gasteiger partial charge in [0.25, 0.3) is 0 Å². The van der Waals surface area contributed by atoms with E-state index in [-0.39, 0.29) is 12.5 Å². The van der Waals surface area contributed by atoms with Crippen molar-refractivity contribution in [1.29, 1.82) is 0 Å². The van der Waals surface area contributed by atoms with Crippen molar-refractivity contribution in [2.45, 2.75) is 245 Å². The summed E-state index contributed by atoms with van der Waals surface area (Å²) in [7, 11) is 0. The number of hydrogen-bond donors (Lipinski definition) is 6. The molecule has 1 amide bonds. The highest BCUT2D eigenvalue weighted by Crippen LogP contribution is 2.15. The molecule has 0 fully saturated rings. The van der Waals surface area contributed by atoms with E-state index in [2.05, 4.69) is 35.1 Å². The van der Waals surface area contributed by atoms with E-state index in [0.29, 0.717) is 6.54 Å². The zero-order valence-electron chi connectivity index (χ0n) is 37.9. The van der Waals surface area contributed by atoms with Crippen LogP contribution in [0.3, 0.4) is 0 Å². The molecule has 0 bridgehead atoms. The summed E-state index contributed by atoms with van der Waals surface area (Å²) in [4.78, 5) is 10.8. The van der Waals surface area contributed by atoms with E-state index in [1.807, 2.05) is 0 Å². The van der Waals surface area contributed by atoms with Crippen molar-refractivity contribution in [3.05, 3.63) is 0 Å². The van der Waals surface area contributed by atoms with E-state index < -0.39 is 0 Å². The SMILES string of the molecule is CCCCCCCCCCCCCCCCCCNCCCCCCCCCCCCCCCCCC.NCCCNCCCCNCCCNC(=O)CN. The van der Waals surface area contributed by atoms with Gasteiger partial charge in [0.05, 0.1) is 6.54 Å². The Labute approximate surface area is 346 Å². The third-order valence-corrected chi connectivity index (χ3v) is 11.0. The van der Waals surface area contributed by atoms with Gasteiger partial charge in [-0.3, -0.25) is 4.79 Å². The van der Waals surface area contributed by atoms with Crippen LogP contribution >= 0.6 is 0 Å². The van der Waals surface area contributed by atoms with Crippen molar-refractivity contribution >= 4 is 5.91 Å². The first-order chi connectivity index (χ1) is 27.2. The van der Waals surface area contributed by atoms with Crippen molar-refractivity contribution < 1.29 is 4.79 Å². The van der Waals surface area contributed by atoms with Crippen LogP contribution in [0, 0.1) is 0 Å². The maximum Gasteiger partial charge on any atom is 0.233 e. The van der Waals surface area contributed by atoms with Crippen LogP contribution in [0.15, 0.2) is 0 Å². The Hall–Kier alpha value is -0.730. The van der Waals surface area contributed by atoms with Gasteiger partial charge in [0.15, 0.2) is 0 Å². The summed E-state index contributed by atoms with van der Waals surface area (Å²) >= 11 is 0. The second kappa shape index (κ2) is 55.4. The smallest absolute Gasteiger partial charge is 0.233 e. The molecule has 332 valence electrons. The van der Waals surface area contributed by atoms with Gasteiger partial charge in [0.2, 0.25) is 5.91 Å². The Morgan fingerprint density at radius 2 is 0.545 bits per heavy atom.